The van der Waals surface area contributed by atoms with E-state index in [9.17, 15) is 9.59 Å². The molecule has 1 aromatic heterocycles. The van der Waals surface area contributed by atoms with Crippen LogP contribution in [0.25, 0.3) is 0 Å². The lowest BCUT2D eigenvalue weighted by molar-refractivity contribution is 0.0987. The number of thiazole rings is 1. The largest absolute Gasteiger partial charge is 0.490 e. The number of hydrogen-bond donors (Lipinski definition) is 0. The second-order valence-corrected chi connectivity index (χ2v) is 7.59. The Morgan fingerprint density at radius 2 is 2.12 bits per heavy atom. The predicted molar refractivity (Wildman–Crippen MR) is 100.0 cm³/mol. The van der Waals surface area contributed by atoms with Gasteiger partial charge in [-0.2, -0.15) is 0 Å². The van der Waals surface area contributed by atoms with Crippen LogP contribution in [0, 0.1) is 0 Å². The Hall–Kier alpha value is -2.41. The molecule has 1 fully saturated rings. The summed E-state index contributed by atoms with van der Waals surface area (Å²) < 4.78 is 5.82. The van der Waals surface area contributed by atoms with Gasteiger partial charge in [-0.15, -0.1) is 11.3 Å². The Labute approximate surface area is 156 Å². The number of fused-ring (bicyclic) bond motifs is 1. The molecule has 1 saturated heterocycles. The molecule has 2 aliphatic rings. The van der Waals surface area contributed by atoms with Crippen molar-refractivity contribution in [1.82, 2.24) is 9.88 Å². The van der Waals surface area contributed by atoms with Gasteiger partial charge in [0, 0.05) is 30.2 Å². The molecule has 1 atom stereocenters. The fourth-order valence-corrected chi connectivity index (χ4v) is 4.05. The zero-order valence-corrected chi connectivity index (χ0v) is 15.5. The van der Waals surface area contributed by atoms with Crippen molar-refractivity contribution in [3.63, 3.8) is 0 Å². The van der Waals surface area contributed by atoms with Crippen molar-refractivity contribution in [1.29, 1.82) is 0 Å². The molecule has 6 nitrogen and oxygen atoms in total. The minimum absolute atomic E-state index is 0.188. The lowest BCUT2D eigenvalue weighted by Crippen LogP contribution is -2.45. The number of aryl methyl sites for hydroxylation is 1. The van der Waals surface area contributed by atoms with Crippen LogP contribution in [0.3, 0.4) is 0 Å². The van der Waals surface area contributed by atoms with Crippen LogP contribution in [-0.2, 0) is 6.42 Å². The fraction of sp³-hybridized carbons (Fsp3) is 0.421. The molecular formula is C19H21N3O3S. The van der Waals surface area contributed by atoms with Crippen molar-refractivity contribution in [3.05, 3.63) is 40.9 Å². The average molecular weight is 371 g/mol. The number of carbonyl (C=O) groups excluding carboxylic acids is 2. The van der Waals surface area contributed by atoms with Crippen molar-refractivity contribution in [2.75, 3.05) is 18.0 Å². The van der Waals surface area contributed by atoms with E-state index in [1.54, 1.807) is 22.5 Å². The van der Waals surface area contributed by atoms with Gasteiger partial charge in [0.15, 0.2) is 0 Å². The van der Waals surface area contributed by atoms with Gasteiger partial charge in [0.25, 0.3) is 5.91 Å². The highest BCUT2D eigenvalue weighted by atomic mass is 32.1. The molecule has 3 heterocycles. The van der Waals surface area contributed by atoms with E-state index in [-0.39, 0.29) is 18.0 Å². The number of anilines is 1. The van der Waals surface area contributed by atoms with Crippen molar-refractivity contribution in [3.8, 4) is 5.75 Å². The number of carbonyl (C=O) groups is 2. The van der Waals surface area contributed by atoms with Crippen molar-refractivity contribution in [2.24, 2.45) is 0 Å². The molecule has 2 aliphatic heterocycles. The van der Waals surface area contributed by atoms with Crippen LogP contribution in [0.4, 0.5) is 9.93 Å². The molecule has 2 aromatic rings. The number of benzene rings is 1. The van der Waals surface area contributed by atoms with Crippen LogP contribution >= 0.6 is 11.3 Å². The third-order valence-corrected chi connectivity index (χ3v) is 5.59. The average Bonchev–Trinajstić information content (AvgIpc) is 3.35. The zero-order chi connectivity index (χ0) is 18.1. The third kappa shape index (κ3) is 3.19. The van der Waals surface area contributed by atoms with E-state index in [4.69, 9.17) is 4.74 Å². The van der Waals surface area contributed by atoms with Crippen molar-refractivity contribution in [2.45, 2.75) is 38.7 Å². The van der Waals surface area contributed by atoms with E-state index in [2.05, 4.69) is 4.98 Å². The first-order valence-corrected chi connectivity index (χ1v) is 9.84. The van der Waals surface area contributed by atoms with Crippen LogP contribution in [0.1, 0.15) is 42.1 Å². The Bertz CT molecular complexity index is 815. The molecule has 0 aliphatic carbocycles. The fourth-order valence-electron chi connectivity index (χ4n) is 3.42. The second kappa shape index (κ2) is 7.07. The maximum atomic E-state index is 13.2. The number of amides is 3. The van der Waals surface area contributed by atoms with E-state index in [0.717, 1.165) is 37.0 Å². The monoisotopic (exact) mass is 371 g/mol. The van der Waals surface area contributed by atoms with Gasteiger partial charge in [0.1, 0.15) is 5.75 Å². The van der Waals surface area contributed by atoms with Gasteiger partial charge in [-0.3, -0.25) is 4.79 Å². The summed E-state index contributed by atoms with van der Waals surface area (Å²) >= 11 is 1.29. The topological polar surface area (TPSA) is 62.7 Å². The minimum atomic E-state index is -0.335. The molecule has 7 heteroatoms. The molecule has 26 heavy (non-hydrogen) atoms. The molecule has 3 amide bonds. The maximum absolute atomic E-state index is 13.2. The SMILES string of the molecule is CC1CCc2cc(C(=O)N(C(=O)N3CCCC3)c3nccs3)ccc2O1. The third-order valence-electron chi connectivity index (χ3n) is 4.84. The second-order valence-electron chi connectivity index (χ2n) is 6.72. The summed E-state index contributed by atoms with van der Waals surface area (Å²) in [5.74, 6) is 0.491. The quantitative estimate of drug-likeness (QED) is 0.807. The number of nitrogens with zero attached hydrogens (tertiary/aromatic N) is 3. The lowest BCUT2D eigenvalue weighted by Gasteiger charge is -2.26. The molecule has 0 N–H and O–H groups in total. The first-order valence-electron chi connectivity index (χ1n) is 8.96. The van der Waals surface area contributed by atoms with Gasteiger partial charge >= 0.3 is 6.03 Å². The molecule has 0 saturated carbocycles. The van der Waals surface area contributed by atoms with Crippen LogP contribution in [0.2, 0.25) is 0 Å². The van der Waals surface area contributed by atoms with Crippen molar-refractivity contribution < 1.29 is 14.3 Å². The van der Waals surface area contributed by atoms with E-state index in [1.807, 2.05) is 19.1 Å². The Balaban J connectivity index is 1.65. The smallest absolute Gasteiger partial charge is 0.333 e. The van der Waals surface area contributed by atoms with Gasteiger partial charge in [-0.25, -0.2) is 14.7 Å². The van der Waals surface area contributed by atoms with E-state index < -0.39 is 0 Å². The summed E-state index contributed by atoms with van der Waals surface area (Å²) in [7, 11) is 0. The molecular weight excluding hydrogens is 350 g/mol. The van der Waals surface area contributed by atoms with Crippen LogP contribution in [0.5, 0.6) is 5.75 Å². The Morgan fingerprint density at radius 1 is 1.31 bits per heavy atom. The molecule has 1 aromatic carbocycles. The Kier molecular flexibility index (Phi) is 4.63. The number of rotatable bonds is 2. The van der Waals surface area contributed by atoms with Gasteiger partial charge in [0.05, 0.1) is 6.10 Å². The molecule has 4 rings (SSSR count). The highest BCUT2D eigenvalue weighted by Gasteiger charge is 2.32. The summed E-state index contributed by atoms with van der Waals surface area (Å²) in [6, 6.07) is 5.13. The zero-order valence-electron chi connectivity index (χ0n) is 14.7. The Morgan fingerprint density at radius 3 is 2.85 bits per heavy atom. The summed E-state index contributed by atoms with van der Waals surface area (Å²) in [6.07, 6.45) is 5.54. The minimum Gasteiger partial charge on any atom is -0.490 e. The van der Waals surface area contributed by atoms with E-state index >= 15 is 0 Å². The van der Waals surface area contributed by atoms with Gasteiger partial charge < -0.3 is 9.64 Å². The molecule has 0 spiro atoms. The molecule has 136 valence electrons. The number of imide groups is 1. The number of ether oxygens (including phenoxy) is 1. The number of aromatic nitrogens is 1. The molecule has 0 radical (unpaired) electrons. The number of hydrogen-bond acceptors (Lipinski definition) is 5. The van der Waals surface area contributed by atoms with Crippen LogP contribution in [-0.4, -0.2) is 41.0 Å². The highest BCUT2D eigenvalue weighted by Crippen LogP contribution is 2.30. The normalized spacial score (nSPS) is 19.0. The molecule has 0 bridgehead atoms. The maximum Gasteiger partial charge on any atom is 0.333 e. The summed E-state index contributed by atoms with van der Waals surface area (Å²) in [5, 5.41) is 2.18. The number of urea groups is 1. The summed E-state index contributed by atoms with van der Waals surface area (Å²) in [5.41, 5.74) is 1.51. The number of likely N-dealkylation sites (tertiary alicyclic amines) is 1. The standard InChI is InChI=1S/C19H21N3O3S/c1-13-4-5-14-12-15(6-7-16(14)25-13)17(23)22(18-20-8-11-26-18)19(24)21-9-2-3-10-21/h6-8,11-13H,2-5,9-10H2,1H3. The van der Waals surface area contributed by atoms with Crippen molar-refractivity contribution >= 4 is 28.4 Å². The first-order chi connectivity index (χ1) is 12.6. The predicted octanol–water partition coefficient (Wildman–Crippen LogP) is 3.72. The van der Waals surface area contributed by atoms with Gasteiger partial charge in [-0.1, -0.05) is 0 Å². The highest BCUT2D eigenvalue weighted by molar-refractivity contribution is 7.14. The van der Waals surface area contributed by atoms with E-state index in [0.29, 0.717) is 23.8 Å². The summed E-state index contributed by atoms with van der Waals surface area (Å²) in [4.78, 5) is 33.3. The summed E-state index contributed by atoms with van der Waals surface area (Å²) in [6.45, 7) is 3.41. The van der Waals surface area contributed by atoms with Crippen LogP contribution in [0.15, 0.2) is 29.8 Å². The van der Waals surface area contributed by atoms with Crippen LogP contribution < -0.4 is 9.64 Å². The van der Waals surface area contributed by atoms with Gasteiger partial charge in [0.2, 0.25) is 5.13 Å². The first kappa shape index (κ1) is 17.0. The van der Waals surface area contributed by atoms with E-state index in [1.165, 1.54) is 16.2 Å². The molecule has 1 unspecified atom stereocenters. The van der Waals surface area contributed by atoms with Gasteiger partial charge in [-0.05, 0) is 56.4 Å². The lowest BCUT2D eigenvalue weighted by atomic mass is 10.00.